The lowest BCUT2D eigenvalue weighted by atomic mass is 10.1. The first-order valence-electron chi connectivity index (χ1n) is 13.6. The molecule has 2 aliphatic rings. The Morgan fingerprint density at radius 3 is 2.33 bits per heavy atom. The molecule has 0 bridgehead atoms. The van der Waals surface area contributed by atoms with Gasteiger partial charge in [0, 0.05) is 45.0 Å². The molecule has 0 spiro atoms. The first-order valence-corrected chi connectivity index (χ1v) is 13.6. The highest BCUT2D eigenvalue weighted by Crippen LogP contribution is 2.33. The lowest BCUT2D eigenvalue weighted by molar-refractivity contribution is 0.0710. The van der Waals surface area contributed by atoms with E-state index in [2.05, 4.69) is 40.1 Å². The van der Waals surface area contributed by atoms with Crippen LogP contribution in [0.4, 0.5) is 5.69 Å². The maximum absolute atomic E-state index is 13.3. The van der Waals surface area contributed by atoms with E-state index in [9.17, 15) is 4.79 Å². The van der Waals surface area contributed by atoms with Gasteiger partial charge in [-0.3, -0.25) is 9.69 Å². The molecule has 0 atom stereocenters. The molecule has 8 heteroatoms. The summed E-state index contributed by atoms with van der Waals surface area (Å²) < 4.78 is 22.4. The van der Waals surface area contributed by atoms with Crippen molar-refractivity contribution in [1.29, 1.82) is 0 Å². The van der Waals surface area contributed by atoms with Gasteiger partial charge in [-0.2, -0.15) is 0 Å². The van der Waals surface area contributed by atoms with Gasteiger partial charge in [0.25, 0.3) is 5.91 Å². The number of fused-ring (bicyclic) bond motifs is 1. The largest absolute Gasteiger partial charge is 0.497 e. The molecule has 8 nitrogen and oxygen atoms in total. The van der Waals surface area contributed by atoms with E-state index in [0.29, 0.717) is 31.9 Å². The Hall–Kier alpha value is -4.43. The molecular formula is C32H33N3O5. The quantitative estimate of drug-likeness (QED) is 0.290. The average molecular weight is 540 g/mol. The topological polar surface area (TPSA) is 67.6 Å². The number of anilines is 1. The van der Waals surface area contributed by atoms with Gasteiger partial charge >= 0.3 is 0 Å². The number of carbonyl (C=O) groups is 1. The number of benzene rings is 3. The van der Waals surface area contributed by atoms with E-state index in [1.165, 1.54) is 5.56 Å². The summed E-state index contributed by atoms with van der Waals surface area (Å²) in [6.07, 6.45) is 0. The minimum absolute atomic E-state index is 0.0639. The minimum Gasteiger partial charge on any atom is -0.497 e. The number of nitrogens with zero attached hydrogens (tertiary/aromatic N) is 3. The Kier molecular flexibility index (Phi) is 7.59. The number of amides is 1. The van der Waals surface area contributed by atoms with E-state index in [1.54, 1.807) is 13.2 Å². The molecule has 0 N–H and O–H groups in total. The Labute approximate surface area is 234 Å². The lowest BCUT2D eigenvalue weighted by Crippen LogP contribution is -2.48. The fourth-order valence-corrected chi connectivity index (χ4v) is 5.22. The summed E-state index contributed by atoms with van der Waals surface area (Å²) in [5.41, 5.74) is 3.47. The third kappa shape index (κ3) is 5.92. The van der Waals surface area contributed by atoms with Gasteiger partial charge in [-0.05, 0) is 59.7 Å². The molecule has 1 amide bonds. The highest BCUT2D eigenvalue weighted by atomic mass is 16.7. The van der Waals surface area contributed by atoms with Gasteiger partial charge < -0.3 is 28.4 Å². The van der Waals surface area contributed by atoms with Gasteiger partial charge in [-0.1, -0.05) is 36.4 Å². The third-order valence-corrected chi connectivity index (χ3v) is 7.35. The molecule has 206 valence electrons. The zero-order chi connectivity index (χ0) is 27.3. The molecular weight excluding hydrogens is 506 g/mol. The number of ether oxygens (including phenoxy) is 3. The fourth-order valence-electron chi connectivity index (χ4n) is 5.22. The normalized spacial score (nSPS) is 14.6. The Morgan fingerprint density at radius 1 is 0.800 bits per heavy atom. The van der Waals surface area contributed by atoms with Crippen molar-refractivity contribution in [3.05, 3.63) is 108 Å². The van der Waals surface area contributed by atoms with Crippen molar-refractivity contribution in [1.82, 2.24) is 9.80 Å². The summed E-state index contributed by atoms with van der Waals surface area (Å²) in [5.74, 6) is 3.47. The standard InChI is InChI=1S/C32H33N3O5/c1-37-27-10-8-26(9-11-27)34-15-17-35(18-16-34)32(36)30-14-12-28(40-30)22-33(20-24-5-3-2-4-6-24)21-25-7-13-29-31(19-25)39-23-38-29/h2-14,19H,15-18,20-23H2,1H3. The molecule has 2 aliphatic heterocycles. The Balaban J connectivity index is 1.10. The van der Waals surface area contributed by atoms with Crippen LogP contribution in [0.5, 0.6) is 17.2 Å². The van der Waals surface area contributed by atoms with E-state index >= 15 is 0 Å². The molecule has 0 aliphatic carbocycles. The van der Waals surface area contributed by atoms with Gasteiger partial charge in [-0.15, -0.1) is 0 Å². The maximum atomic E-state index is 13.3. The number of rotatable bonds is 9. The Bertz CT molecular complexity index is 1430. The second kappa shape index (κ2) is 11.8. The summed E-state index contributed by atoms with van der Waals surface area (Å²) in [7, 11) is 1.67. The number of hydrogen-bond donors (Lipinski definition) is 0. The van der Waals surface area contributed by atoms with E-state index in [1.807, 2.05) is 53.4 Å². The van der Waals surface area contributed by atoms with E-state index < -0.39 is 0 Å². The van der Waals surface area contributed by atoms with Gasteiger partial charge in [-0.25, -0.2) is 0 Å². The van der Waals surface area contributed by atoms with Crippen LogP contribution in [0, 0.1) is 0 Å². The van der Waals surface area contributed by atoms with E-state index in [0.717, 1.165) is 53.9 Å². The molecule has 40 heavy (non-hydrogen) atoms. The van der Waals surface area contributed by atoms with Crippen LogP contribution in [-0.2, 0) is 19.6 Å². The number of hydrogen-bond acceptors (Lipinski definition) is 7. The molecule has 4 aromatic rings. The average Bonchev–Trinajstić information content (AvgIpc) is 3.67. The summed E-state index contributed by atoms with van der Waals surface area (Å²) in [6.45, 7) is 5.10. The zero-order valence-electron chi connectivity index (χ0n) is 22.6. The Morgan fingerprint density at radius 2 is 1.55 bits per heavy atom. The van der Waals surface area contributed by atoms with Crippen molar-refractivity contribution in [3.8, 4) is 17.2 Å². The van der Waals surface area contributed by atoms with Crippen LogP contribution in [0.3, 0.4) is 0 Å². The zero-order valence-corrected chi connectivity index (χ0v) is 22.6. The molecule has 6 rings (SSSR count). The molecule has 0 saturated carbocycles. The SMILES string of the molecule is COc1ccc(N2CCN(C(=O)c3ccc(CN(Cc4ccccc4)Cc4ccc5c(c4)OCO5)o3)CC2)cc1. The second-order valence-corrected chi connectivity index (χ2v) is 10.1. The summed E-state index contributed by atoms with van der Waals surface area (Å²) in [6, 6.07) is 28.2. The number of piperazine rings is 1. The van der Waals surface area contributed by atoms with E-state index in [-0.39, 0.29) is 12.7 Å². The molecule has 0 unspecified atom stereocenters. The lowest BCUT2D eigenvalue weighted by Gasteiger charge is -2.35. The summed E-state index contributed by atoms with van der Waals surface area (Å²) >= 11 is 0. The highest BCUT2D eigenvalue weighted by Gasteiger charge is 2.25. The summed E-state index contributed by atoms with van der Waals surface area (Å²) in [5, 5.41) is 0. The van der Waals surface area contributed by atoms with Crippen molar-refractivity contribution < 1.29 is 23.4 Å². The number of furan rings is 1. The molecule has 1 aromatic heterocycles. The van der Waals surface area contributed by atoms with Gasteiger partial charge in [0.1, 0.15) is 11.5 Å². The van der Waals surface area contributed by atoms with Crippen molar-refractivity contribution in [2.75, 3.05) is 45.0 Å². The molecule has 3 heterocycles. The van der Waals surface area contributed by atoms with Crippen LogP contribution < -0.4 is 19.1 Å². The summed E-state index contributed by atoms with van der Waals surface area (Å²) in [4.78, 5) is 19.7. The van der Waals surface area contributed by atoms with Crippen molar-refractivity contribution in [2.45, 2.75) is 19.6 Å². The predicted octanol–water partition coefficient (Wildman–Crippen LogP) is 5.18. The second-order valence-electron chi connectivity index (χ2n) is 10.1. The minimum atomic E-state index is -0.0639. The van der Waals surface area contributed by atoms with Crippen LogP contribution in [0.2, 0.25) is 0 Å². The molecule has 1 fully saturated rings. The van der Waals surface area contributed by atoms with Gasteiger partial charge in [0.2, 0.25) is 6.79 Å². The number of carbonyl (C=O) groups excluding carboxylic acids is 1. The van der Waals surface area contributed by atoms with Crippen LogP contribution in [0.25, 0.3) is 0 Å². The van der Waals surface area contributed by atoms with Crippen LogP contribution in [0.1, 0.15) is 27.4 Å². The smallest absolute Gasteiger partial charge is 0.289 e. The first-order chi connectivity index (χ1) is 19.6. The highest BCUT2D eigenvalue weighted by molar-refractivity contribution is 5.91. The monoisotopic (exact) mass is 539 g/mol. The maximum Gasteiger partial charge on any atom is 0.289 e. The fraction of sp³-hybridized carbons (Fsp3) is 0.281. The van der Waals surface area contributed by atoms with Crippen molar-refractivity contribution in [2.24, 2.45) is 0 Å². The molecule has 1 saturated heterocycles. The predicted molar refractivity (Wildman–Crippen MR) is 152 cm³/mol. The molecule has 3 aromatic carbocycles. The van der Waals surface area contributed by atoms with Crippen LogP contribution in [0.15, 0.2) is 89.3 Å². The third-order valence-electron chi connectivity index (χ3n) is 7.35. The van der Waals surface area contributed by atoms with E-state index in [4.69, 9.17) is 18.6 Å². The van der Waals surface area contributed by atoms with Gasteiger partial charge in [0.15, 0.2) is 17.3 Å². The van der Waals surface area contributed by atoms with Crippen LogP contribution in [-0.4, -0.2) is 55.8 Å². The van der Waals surface area contributed by atoms with Crippen molar-refractivity contribution in [3.63, 3.8) is 0 Å². The van der Waals surface area contributed by atoms with Gasteiger partial charge in [0.05, 0.1) is 13.7 Å². The molecule has 0 radical (unpaired) electrons. The first kappa shape index (κ1) is 25.8. The van der Waals surface area contributed by atoms with Crippen LogP contribution >= 0.6 is 0 Å². The van der Waals surface area contributed by atoms with Crippen molar-refractivity contribution >= 4 is 11.6 Å². The number of methoxy groups -OCH3 is 1.